The molecular formula is C53H64Cl2F4N10O8SSi2. The van der Waals surface area contributed by atoms with Crippen molar-refractivity contribution in [2.45, 2.75) is 96.0 Å². The molecule has 0 aliphatic heterocycles. The lowest BCUT2D eigenvalue weighted by molar-refractivity contribution is 0.0813. The summed E-state index contributed by atoms with van der Waals surface area (Å²) in [5, 5.41) is 45.4. The Morgan fingerprint density at radius 1 is 0.637 bits per heavy atom. The van der Waals surface area contributed by atoms with Gasteiger partial charge in [0, 0.05) is 72.0 Å². The Labute approximate surface area is 473 Å². The summed E-state index contributed by atoms with van der Waals surface area (Å²) in [6, 6.07) is 21.8. The maximum Gasteiger partial charge on any atom is 0.326 e. The molecule has 0 fully saturated rings. The molecule has 0 bridgehead atoms. The lowest BCUT2D eigenvalue weighted by atomic mass is 10.1. The van der Waals surface area contributed by atoms with Gasteiger partial charge in [0.05, 0.1) is 33.0 Å². The molecule has 4 aromatic carbocycles. The Hall–Kier alpha value is -6.30. The SMILES string of the molecule is C[C@H](O)CNc1nc(Oc2ccc(F)cc2F)nc2c1c(-c1ccccc1Cl)nn2COCC[Si](C)(C)C.C[C@H](O)CNc1nc(S(C)(=O)=O)nc2c1c(-c1ccccc1Cl)nn2COCC[Si](C)(C)C.Oc1ccc(F)cc1F. The number of phenolic OH excluding ortho intramolecular Hbond substituents is 1. The van der Waals surface area contributed by atoms with E-state index in [1.807, 2.05) is 36.4 Å². The lowest BCUT2D eigenvalue weighted by Gasteiger charge is -2.15. The number of nitrogens with one attached hydrogen (secondary N) is 2. The highest BCUT2D eigenvalue weighted by Crippen LogP contribution is 2.39. The second-order valence-corrected chi connectivity index (χ2v) is 34.9. The first kappa shape index (κ1) is 62.9. The number of nitrogens with zero attached hydrogens (tertiary/aromatic N) is 8. The Kier molecular flexibility index (Phi) is 21.6. The normalized spacial score (nSPS) is 12.6. The molecule has 27 heteroatoms. The summed E-state index contributed by atoms with van der Waals surface area (Å²) in [6.07, 6.45) is -0.324. The van der Waals surface area contributed by atoms with Crippen LogP contribution in [-0.2, 0) is 32.8 Å². The number of hydrogen-bond donors (Lipinski definition) is 5. The van der Waals surface area contributed by atoms with E-state index in [4.69, 9.17) is 47.6 Å². The molecule has 2 atom stereocenters. The average molecular weight is 1200 g/mol. The lowest BCUT2D eigenvalue weighted by Crippen LogP contribution is -2.22. The third-order valence-corrected chi connectivity index (χ3v) is 16.2. The first-order valence-electron chi connectivity index (χ1n) is 25.1. The molecule has 8 aromatic rings. The highest BCUT2D eigenvalue weighted by atomic mass is 35.5. The predicted molar refractivity (Wildman–Crippen MR) is 308 cm³/mol. The second kappa shape index (κ2) is 27.4. The number of anilines is 2. The fourth-order valence-corrected chi connectivity index (χ4v) is 9.59. The third-order valence-electron chi connectivity index (χ3n) is 11.3. The number of sulfone groups is 1. The number of aromatic nitrogens is 8. The fourth-order valence-electron chi connectivity index (χ4n) is 7.12. The number of benzene rings is 4. The number of aliphatic hydroxyl groups is 2. The van der Waals surface area contributed by atoms with Crippen LogP contribution in [0.25, 0.3) is 44.6 Å². The molecular weight excluding hydrogens is 1140 g/mol. The van der Waals surface area contributed by atoms with E-state index in [1.165, 1.54) is 4.68 Å². The van der Waals surface area contributed by atoms with Crippen LogP contribution in [0, 0.1) is 23.3 Å². The van der Waals surface area contributed by atoms with Crippen LogP contribution in [0.2, 0.25) is 61.4 Å². The van der Waals surface area contributed by atoms with Gasteiger partial charge < -0.3 is 40.2 Å². The molecule has 0 unspecified atom stereocenters. The highest BCUT2D eigenvalue weighted by Gasteiger charge is 2.26. The van der Waals surface area contributed by atoms with Gasteiger partial charge in [0.2, 0.25) is 9.84 Å². The van der Waals surface area contributed by atoms with Crippen molar-refractivity contribution >= 4 is 82.9 Å². The van der Waals surface area contributed by atoms with Crippen LogP contribution in [0.4, 0.5) is 29.2 Å². The standard InChI is InChI=1S/C26H30ClF2N5O3Si.C21H30ClN5O4SSi.C6H4F2O/c1-16(35)14-30-24-22-23(18-7-5-6-8-19(18)27)33-34(15-36-11-12-38(2,3)4)25(22)32-26(31-24)37-21-10-9-17(28)13-20(21)29;1-14(28)12-23-19-17-18(15-8-6-7-9-16(15)22)26-27(13-31-10-11-33(3,4)5)20(17)25-21(24-19)32(2,29)30;7-4-1-2-6(9)5(8)3-4/h5-10,13,16,35H,11-12,14-15H2,1-4H3,(H,30,31,32);6-9,14,28H,10-13H2,1-5H3,(H,23,24,25);1-3,9H/t16-;14-;/m00./s1. The number of phenols is 1. The van der Waals surface area contributed by atoms with E-state index in [0.29, 0.717) is 85.8 Å². The Morgan fingerprint density at radius 2 is 1.09 bits per heavy atom. The Balaban J connectivity index is 0.000000224. The summed E-state index contributed by atoms with van der Waals surface area (Å²) in [5.74, 6) is -3.47. The average Bonchev–Trinajstić information content (AvgIpc) is 3.97. The second-order valence-electron chi connectivity index (χ2n) is 21.0. The molecule has 0 aliphatic rings. The van der Waals surface area contributed by atoms with Crippen LogP contribution in [0.5, 0.6) is 17.5 Å². The minimum atomic E-state index is -3.71. The van der Waals surface area contributed by atoms with Gasteiger partial charge in [0.15, 0.2) is 34.4 Å². The van der Waals surface area contributed by atoms with Crippen LogP contribution in [0.1, 0.15) is 13.8 Å². The van der Waals surface area contributed by atoms with Gasteiger partial charge in [0.25, 0.3) is 5.16 Å². The zero-order valence-electron chi connectivity index (χ0n) is 45.5. The van der Waals surface area contributed by atoms with Crippen molar-refractivity contribution in [1.29, 1.82) is 0 Å². The number of aliphatic hydroxyl groups excluding tert-OH is 2. The van der Waals surface area contributed by atoms with Crippen molar-refractivity contribution < 1.29 is 55.5 Å². The third kappa shape index (κ3) is 17.9. The van der Waals surface area contributed by atoms with Gasteiger partial charge in [0.1, 0.15) is 48.1 Å². The predicted octanol–water partition coefficient (Wildman–Crippen LogP) is 11.6. The van der Waals surface area contributed by atoms with Gasteiger partial charge in [-0.3, -0.25) is 0 Å². The molecule has 8 rings (SSSR count). The molecule has 430 valence electrons. The largest absolute Gasteiger partial charge is 0.505 e. The van der Waals surface area contributed by atoms with E-state index in [-0.39, 0.29) is 49.3 Å². The summed E-state index contributed by atoms with van der Waals surface area (Å²) < 4.78 is 97.0. The summed E-state index contributed by atoms with van der Waals surface area (Å²) >= 11 is 13.0. The van der Waals surface area contributed by atoms with Gasteiger partial charge in [-0.15, -0.1) is 0 Å². The smallest absolute Gasteiger partial charge is 0.326 e. The van der Waals surface area contributed by atoms with Crippen molar-refractivity contribution in [3.8, 4) is 40.0 Å². The monoisotopic (exact) mass is 1200 g/mol. The number of hydrogen-bond acceptors (Lipinski definition) is 16. The number of aromatic hydroxyl groups is 1. The number of fused-ring (bicyclic) bond motifs is 2. The van der Waals surface area contributed by atoms with Crippen molar-refractivity contribution in [2.24, 2.45) is 0 Å². The Morgan fingerprint density at radius 3 is 1.51 bits per heavy atom. The quantitative estimate of drug-likeness (QED) is 0.0195. The van der Waals surface area contributed by atoms with E-state index < -0.39 is 67.2 Å². The topological polar surface area (TPSA) is 234 Å². The minimum Gasteiger partial charge on any atom is -0.505 e. The highest BCUT2D eigenvalue weighted by molar-refractivity contribution is 7.90. The molecule has 4 aromatic heterocycles. The first-order chi connectivity index (χ1) is 37.6. The Bertz CT molecular complexity index is 3530. The summed E-state index contributed by atoms with van der Waals surface area (Å²) in [5.41, 5.74) is 2.97. The van der Waals surface area contributed by atoms with Gasteiger partial charge in [-0.25, -0.2) is 40.3 Å². The number of rotatable bonds is 21. The van der Waals surface area contributed by atoms with Crippen LogP contribution in [-0.4, -0.2) is 124 Å². The molecule has 80 heavy (non-hydrogen) atoms. The maximum atomic E-state index is 14.3. The van der Waals surface area contributed by atoms with Crippen LogP contribution >= 0.6 is 23.2 Å². The minimum absolute atomic E-state index is 0.0987. The van der Waals surface area contributed by atoms with E-state index in [1.54, 1.807) is 30.7 Å². The molecule has 0 saturated heterocycles. The molecule has 0 saturated carbocycles. The van der Waals surface area contributed by atoms with E-state index in [2.05, 4.69) is 75.0 Å². The van der Waals surface area contributed by atoms with Crippen molar-refractivity contribution in [1.82, 2.24) is 39.5 Å². The molecule has 4 heterocycles. The first-order valence-corrected chi connectivity index (χ1v) is 35.2. The molecule has 0 spiro atoms. The van der Waals surface area contributed by atoms with Crippen LogP contribution < -0.4 is 15.4 Å². The van der Waals surface area contributed by atoms with Crippen molar-refractivity contribution in [3.63, 3.8) is 0 Å². The van der Waals surface area contributed by atoms with E-state index >= 15 is 0 Å². The van der Waals surface area contributed by atoms with Gasteiger partial charge in [-0.1, -0.05) is 98.9 Å². The summed E-state index contributed by atoms with van der Waals surface area (Å²) in [6.45, 7) is 18.5. The van der Waals surface area contributed by atoms with E-state index in [0.717, 1.165) is 42.6 Å². The van der Waals surface area contributed by atoms with Crippen LogP contribution in [0.3, 0.4) is 0 Å². The number of ether oxygens (including phenoxy) is 3. The fraction of sp³-hybridized carbons (Fsp3) is 0.358. The molecule has 5 N–H and O–H groups in total. The zero-order chi connectivity index (χ0) is 58.7. The summed E-state index contributed by atoms with van der Waals surface area (Å²) in [4.78, 5) is 17.5. The molecule has 0 aliphatic carbocycles. The van der Waals surface area contributed by atoms with Gasteiger partial charge in [-0.05, 0) is 62.3 Å². The maximum absolute atomic E-state index is 14.3. The molecule has 0 amide bonds. The van der Waals surface area contributed by atoms with E-state index in [9.17, 15) is 36.2 Å². The van der Waals surface area contributed by atoms with Crippen molar-refractivity contribution in [3.05, 3.63) is 118 Å². The summed E-state index contributed by atoms with van der Waals surface area (Å²) in [7, 11) is -6.30. The molecule has 0 radical (unpaired) electrons. The zero-order valence-corrected chi connectivity index (χ0v) is 49.9. The molecule has 18 nitrogen and oxygen atoms in total. The van der Waals surface area contributed by atoms with Crippen molar-refractivity contribution in [2.75, 3.05) is 43.2 Å². The number of halogens is 6. The van der Waals surface area contributed by atoms with Gasteiger partial charge in [-0.2, -0.15) is 25.1 Å². The van der Waals surface area contributed by atoms with Crippen LogP contribution in [0.15, 0.2) is 90.1 Å². The van der Waals surface area contributed by atoms with Gasteiger partial charge >= 0.3 is 6.01 Å².